The van der Waals surface area contributed by atoms with Gasteiger partial charge in [-0.2, -0.15) is 13.2 Å². The molecule has 0 aliphatic rings. The molecule has 0 bridgehead atoms. The number of rotatable bonds is 3. The van der Waals surface area contributed by atoms with E-state index in [9.17, 15) is 17.6 Å². The van der Waals surface area contributed by atoms with Gasteiger partial charge >= 0.3 is 6.18 Å². The number of alkyl halides is 3. The first-order valence-electron chi connectivity index (χ1n) is 6.14. The number of aryl methyl sites for hydroxylation is 1. The number of ether oxygens (including phenoxy) is 1. The van der Waals surface area contributed by atoms with Crippen molar-refractivity contribution >= 4 is 11.6 Å². The SMILES string of the molecule is CCc1ccc(Oc2ccc(Cl)c(C(F)(F)F)c2)c(F)c1. The van der Waals surface area contributed by atoms with Gasteiger partial charge in [0.1, 0.15) is 5.75 Å². The molecular weight excluding hydrogens is 308 g/mol. The van der Waals surface area contributed by atoms with Crippen LogP contribution in [0.1, 0.15) is 18.1 Å². The Morgan fingerprint density at radius 2 is 1.81 bits per heavy atom. The average Bonchev–Trinajstić information content (AvgIpc) is 2.41. The number of hydrogen-bond donors (Lipinski definition) is 0. The molecule has 1 nitrogen and oxygen atoms in total. The zero-order valence-corrected chi connectivity index (χ0v) is 11.7. The van der Waals surface area contributed by atoms with Crippen LogP contribution in [-0.4, -0.2) is 0 Å². The highest BCUT2D eigenvalue weighted by molar-refractivity contribution is 6.31. The molecule has 2 aromatic carbocycles. The van der Waals surface area contributed by atoms with E-state index in [1.807, 2.05) is 6.92 Å². The van der Waals surface area contributed by atoms with Gasteiger partial charge in [0.05, 0.1) is 10.6 Å². The minimum Gasteiger partial charge on any atom is -0.454 e. The Morgan fingerprint density at radius 1 is 1.10 bits per heavy atom. The van der Waals surface area contributed by atoms with Crippen LogP contribution in [0, 0.1) is 5.82 Å². The molecule has 0 saturated carbocycles. The van der Waals surface area contributed by atoms with Crippen molar-refractivity contribution in [3.8, 4) is 11.5 Å². The molecule has 2 aromatic rings. The van der Waals surface area contributed by atoms with Crippen LogP contribution in [0.2, 0.25) is 5.02 Å². The molecule has 0 saturated heterocycles. The van der Waals surface area contributed by atoms with Gasteiger partial charge in [0.2, 0.25) is 0 Å². The second-order valence-electron chi connectivity index (χ2n) is 4.36. The first-order valence-corrected chi connectivity index (χ1v) is 6.52. The van der Waals surface area contributed by atoms with Crippen molar-refractivity contribution in [3.63, 3.8) is 0 Å². The molecule has 112 valence electrons. The summed E-state index contributed by atoms with van der Waals surface area (Å²) in [5, 5.41) is -0.434. The van der Waals surface area contributed by atoms with E-state index in [1.165, 1.54) is 18.2 Å². The zero-order valence-electron chi connectivity index (χ0n) is 11.0. The second-order valence-corrected chi connectivity index (χ2v) is 4.77. The standard InChI is InChI=1S/C15H11ClF4O/c1-2-9-3-6-14(13(17)7-9)21-10-4-5-12(16)11(8-10)15(18,19)20/h3-8H,2H2,1H3. The van der Waals surface area contributed by atoms with Crippen LogP contribution in [-0.2, 0) is 12.6 Å². The summed E-state index contributed by atoms with van der Waals surface area (Å²) >= 11 is 5.51. The van der Waals surface area contributed by atoms with E-state index in [1.54, 1.807) is 6.07 Å². The Labute approximate surface area is 124 Å². The third-order valence-electron chi connectivity index (χ3n) is 2.88. The molecule has 0 fully saturated rings. The molecule has 2 rings (SSSR count). The normalized spacial score (nSPS) is 11.5. The molecule has 0 radical (unpaired) electrons. The highest BCUT2D eigenvalue weighted by Gasteiger charge is 2.33. The lowest BCUT2D eigenvalue weighted by molar-refractivity contribution is -0.137. The van der Waals surface area contributed by atoms with Crippen LogP contribution in [0.4, 0.5) is 17.6 Å². The lowest BCUT2D eigenvalue weighted by Crippen LogP contribution is -2.06. The zero-order chi connectivity index (χ0) is 15.6. The van der Waals surface area contributed by atoms with Gasteiger partial charge in [-0.25, -0.2) is 4.39 Å². The Bertz CT molecular complexity index is 653. The molecule has 6 heteroatoms. The van der Waals surface area contributed by atoms with Gasteiger partial charge in [-0.3, -0.25) is 0 Å². The quantitative estimate of drug-likeness (QED) is 0.645. The van der Waals surface area contributed by atoms with Gasteiger partial charge in [0.15, 0.2) is 11.6 Å². The molecular formula is C15H11ClF4O. The molecule has 0 amide bonds. The van der Waals surface area contributed by atoms with Crippen molar-refractivity contribution < 1.29 is 22.3 Å². The van der Waals surface area contributed by atoms with Gasteiger partial charge in [-0.15, -0.1) is 0 Å². The summed E-state index contributed by atoms with van der Waals surface area (Å²) in [5.41, 5.74) is -0.251. The fourth-order valence-corrected chi connectivity index (χ4v) is 1.98. The molecule has 0 unspecified atom stereocenters. The van der Waals surface area contributed by atoms with Crippen molar-refractivity contribution in [2.75, 3.05) is 0 Å². The van der Waals surface area contributed by atoms with Crippen molar-refractivity contribution in [2.45, 2.75) is 19.5 Å². The van der Waals surface area contributed by atoms with Crippen LogP contribution in [0.15, 0.2) is 36.4 Å². The van der Waals surface area contributed by atoms with Crippen LogP contribution in [0.5, 0.6) is 11.5 Å². The van der Waals surface area contributed by atoms with Crippen LogP contribution in [0.25, 0.3) is 0 Å². The summed E-state index contributed by atoms with van der Waals surface area (Å²) in [7, 11) is 0. The molecule has 0 heterocycles. The summed E-state index contributed by atoms with van der Waals surface area (Å²) in [6.45, 7) is 1.87. The van der Waals surface area contributed by atoms with E-state index in [2.05, 4.69) is 0 Å². The van der Waals surface area contributed by atoms with Crippen molar-refractivity contribution in [3.05, 3.63) is 58.4 Å². The minimum absolute atomic E-state index is 0.130. The Balaban J connectivity index is 2.32. The Kier molecular flexibility index (Phi) is 4.42. The van der Waals surface area contributed by atoms with Crippen molar-refractivity contribution in [2.24, 2.45) is 0 Å². The summed E-state index contributed by atoms with van der Waals surface area (Å²) in [5.74, 6) is -0.893. The van der Waals surface area contributed by atoms with E-state index < -0.39 is 22.6 Å². The van der Waals surface area contributed by atoms with E-state index in [4.69, 9.17) is 16.3 Å². The predicted molar refractivity (Wildman–Crippen MR) is 72.3 cm³/mol. The molecule has 0 aromatic heterocycles. The lowest BCUT2D eigenvalue weighted by Gasteiger charge is -2.12. The average molecular weight is 319 g/mol. The molecule has 0 spiro atoms. The van der Waals surface area contributed by atoms with Gasteiger partial charge in [-0.05, 0) is 42.3 Å². The summed E-state index contributed by atoms with van der Waals surface area (Å²) in [6.07, 6.45) is -3.95. The fraction of sp³-hybridized carbons (Fsp3) is 0.200. The monoisotopic (exact) mass is 318 g/mol. The van der Waals surface area contributed by atoms with Gasteiger partial charge in [0.25, 0.3) is 0 Å². The fourth-order valence-electron chi connectivity index (χ4n) is 1.76. The largest absolute Gasteiger partial charge is 0.454 e. The molecule has 21 heavy (non-hydrogen) atoms. The van der Waals surface area contributed by atoms with Crippen molar-refractivity contribution in [1.29, 1.82) is 0 Å². The molecule has 0 N–H and O–H groups in total. The molecule has 0 aliphatic carbocycles. The third-order valence-corrected chi connectivity index (χ3v) is 3.21. The predicted octanol–water partition coefficient (Wildman–Crippen LogP) is 5.85. The highest BCUT2D eigenvalue weighted by atomic mass is 35.5. The lowest BCUT2D eigenvalue weighted by atomic mass is 10.1. The Hall–Kier alpha value is -1.75. The van der Waals surface area contributed by atoms with E-state index in [0.29, 0.717) is 6.42 Å². The van der Waals surface area contributed by atoms with E-state index in [0.717, 1.165) is 17.7 Å². The number of benzene rings is 2. The number of hydrogen-bond acceptors (Lipinski definition) is 1. The maximum atomic E-state index is 13.8. The maximum Gasteiger partial charge on any atom is 0.417 e. The Morgan fingerprint density at radius 3 is 2.38 bits per heavy atom. The number of halogens is 5. The molecule has 0 atom stereocenters. The van der Waals surface area contributed by atoms with Gasteiger partial charge in [0, 0.05) is 0 Å². The first kappa shape index (κ1) is 15.6. The van der Waals surface area contributed by atoms with Crippen molar-refractivity contribution in [1.82, 2.24) is 0 Å². The summed E-state index contributed by atoms with van der Waals surface area (Å²) in [4.78, 5) is 0. The second kappa shape index (κ2) is 5.93. The van der Waals surface area contributed by atoms with Crippen LogP contribution < -0.4 is 4.74 Å². The van der Waals surface area contributed by atoms with E-state index >= 15 is 0 Å². The summed E-state index contributed by atoms with van der Waals surface area (Å²) in [6, 6.07) is 7.39. The highest BCUT2D eigenvalue weighted by Crippen LogP contribution is 2.38. The van der Waals surface area contributed by atoms with Crippen LogP contribution >= 0.6 is 11.6 Å². The smallest absolute Gasteiger partial charge is 0.417 e. The van der Waals surface area contributed by atoms with E-state index in [-0.39, 0.29) is 11.5 Å². The van der Waals surface area contributed by atoms with Gasteiger partial charge < -0.3 is 4.74 Å². The summed E-state index contributed by atoms with van der Waals surface area (Å²) < 4.78 is 57.1. The molecule has 0 aliphatic heterocycles. The topological polar surface area (TPSA) is 9.23 Å². The minimum atomic E-state index is -4.60. The first-order chi connectivity index (χ1) is 9.81. The van der Waals surface area contributed by atoms with Crippen LogP contribution in [0.3, 0.4) is 0 Å². The third kappa shape index (κ3) is 3.67. The van der Waals surface area contributed by atoms with Gasteiger partial charge in [-0.1, -0.05) is 24.6 Å². The maximum absolute atomic E-state index is 13.8.